The van der Waals surface area contributed by atoms with E-state index < -0.39 is 0 Å². The van der Waals surface area contributed by atoms with Crippen LogP contribution >= 0.6 is 11.6 Å². The predicted octanol–water partition coefficient (Wildman–Crippen LogP) is 3.91. The third-order valence-electron chi connectivity index (χ3n) is 5.84. The highest BCUT2D eigenvalue weighted by molar-refractivity contribution is 6.31. The Labute approximate surface area is 201 Å². The molecule has 0 spiro atoms. The lowest BCUT2D eigenvalue weighted by Crippen LogP contribution is -2.50. The number of amides is 2. The van der Waals surface area contributed by atoms with Gasteiger partial charge in [0.15, 0.2) is 0 Å². The van der Waals surface area contributed by atoms with E-state index in [1.807, 2.05) is 39.0 Å². The van der Waals surface area contributed by atoms with E-state index in [-0.39, 0.29) is 11.8 Å². The smallest absolute Gasteiger partial charge is 0.246 e. The van der Waals surface area contributed by atoms with Crippen molar-refractivity contribution < 1.29 is 9.59 Å². The van der Waals surface area contributed by atoms with Crippen LogP contribution in [0.25, 0.3) is 6.08 Å². The van der Waals surface area contributed by atoms with E-state index in [1.165, 1.54) is 0 Å². The van der Waals surface area contributed by atoms with E-state index >= 15 is 0 Å². The maximum Gasteiger partial charge on any atom is 0.246 e. The lowest BCUT2D eigenvalue weighted by molar-refractivity contribution is -0.127. The maximum atomic E-state index is 12.7. The molecule has 2 aromatic rings. The summed E-state index contributed by atoms with van der Waals surface area (Å²) in [6.45, 7) is 13.6. The van der Waals surface area contributed by atoms with Gasteiger partial charge < -0.3 is 10.2 Å². The van der Waals surface area contributed by atoms with Gasteiger partial charge >= 0.3 is 0 Å². The molecule has 2 heterocycles. The average molecular weight is 472 g/mol. The maximum absolute atomic E-state index is 12.7. The molecule has 8 heteroatoms. The molecule has 3 rings (SSSR count). The van der Waals surface area contributed by atoms with Crippen LogP contribution in [-0.2, 0) is 16.1 Å². The van der Waals surface area contributed by atoms with Crippen LogP contribution in [0.4, 0.5) is 5.69 Å². The first-order chi connectivity index (χ1) is 15.7. The molecule has 0 saturated carbocycles. The number of piperazine rings is 1. The molecule has 0 unspecified atom stereocenters. The molecule has 1 saturated heterocycles. The van der Waals surface area contributed by atoms with Gasteiger partial charge in [0, 0.05) is 50.1 Å². The Balaban J connectivity index is 1.51. The molecule has 0 atom stereocenters. The zero-order chi connectivity index (χ0) is 24.1. The first-order valence-corrected chi connectivity index (χ1v) is 11.8. The van der Waals surface area contributed by atoms with Crippen LogP contribution in [0, 0.1) is 26.7 Å². The number of rotatable bonds is 7. The Kier molecular flexibility index (Phi) is 8.32. The van der Waals surface area contributed by atoms with Gasteiger partial charge in [-0.2, -0.15) is 5.10 Å². The largest absolute Gasteiger partial charge is 0.337 e. The standard InChI is InChI=1S/C25H34ClN5O2/c1-17(2)15-31-25(26)21(20(5)28-31)9-10-23(33)30-13-11-29(12-14-30)16-22(32)27-24-18(3)7-6-8-19(24)4/h6-10,17H,11-16H2,1-5H3,(H,27,32)/b10-9+. The number of nitrogens with zero attached hydrogens (tertiary/aromatic N) is 4. The van der Waals surface area contributed by atoms with Crippen molar-refractivity contribution in [2.24, 2.45) is 5.92 Å². The molecular weight excluding hydrogens is 438 g/mol. The summed E-state index contributed by atoms with van der Waals surface area (Å²) in [5.41, 5.74) is 4.58. The molecule has 1 aliphatic heterocycles. The molecule has 2 amide bonds. The third kappa shape index (κ3) is 6.45. The highest BCUT2D eigenvalue weighted by Gasteiger charge is 2.22. The molecule has 33 heavy (non-hydrogen) atoms. The summed E-state index contributed by atoms with van der Waals surface area (Å²) in [7, 11) is 0. The van der Waals surface area contributed by atoms with Crippen LogP contribution in [0.5, 0.6) is 0 Å². The molecule has 1 aromatic heterocycles. The van der Waals surface area contributed by atoms with E-state index in [2.05, 4.69) is 29.2 Å². The van der Waals surface area contributed by atoms with Crippen LogP contribution in [0.2, 0.25) is 5.15 Å². The van der Waals surface area contributed by atoms with Crippen molar-refractivity contribution in [2.45, 2.75) is 41.2 Å². The molecule has 0 aliphatic carbocycles. The number of aromatic nitrogens is 2. The number of aryl methyl sites for hydroxylation is 3. The summed E-state index contributed by atoms with van der Waals surface area (Å²) >= 11 is 6.47. The molecule has 1 N–H and O–H groups in total. The third-order valence-corrected chi connectivity index (χ3v) is 6.24. The van der Waals surface area contributed by atoms with Gasteiger partial charge in [-0.15, -0.1) is 0 Å². The molecular formula is C25H34ClN5O2. The molecule has 1 aromatic carbocycles. The number of nitrogens with one attached hydrogen (secondary N) is 1. The molecule has 0 radical (unpaired) electrons. The number of para-hydroxylation sites is 1. The van der Waals surface area contributed by atoms with Crippen molar-refractivity contribution in [1.29, 1.82) is 0 Å². The van der Waals surface area contributed by atoms with Crippen LogP contribution in [0.3, 0.4) is 0 Å². The second-order valence-electron chi connectivity index (χ2n) is 9.12. The highest BCUT2D eigenvalue weighted by atomic mass is 35.5. The Hall–Kier alpha value is -2.64. The van der Waals surface area contributed by atoms with E-state index in [0.717, 1.165) is 34.6 Å². The van der Waals surface area contributed by atoms with Gasteiger partial charge in [-0.25, -0.2) is 0 Å². The minimum atomic E-state index is -0.0540. The van der Waals surface area contributed by atoms with Crippen molar-refractivity contribution >= 4 is 35.2 Å². The predicted molar refractivity (Wildman–Crippen MR) is 133 cm³/mol. The first-order valence-electron chi connectivity index (χ1n) is 11.4. The fourth-order valence-electron chi connectivity index (χ4n) is 4.00. The Morgan fingerprint density at radius 2 is 1.76 bits per heavy atom. The molecule has 0 bridgehead atoms. The monoisotopic (exact) mass is 471 g/mol. The van der Waals surface area contributed by atoms with Gasteiger partial charge in [-0.3, -0.25) is 19.2 Å². The fraction of sp³-hybridized carbons (Fsp3) is 0.480. The van der Waals surface area contributed by atoms with Gasteiger partial charge in [-0.1, -0.05) is 43.6 Å². The van der Waals surface area contributed by atoms with E-state index in [0.29, 0.717) is 43.8 Å². The summed E-state index contributed by atoms with van der Waals surface area (Å²) in [5, 5.41) is 8.07. The van der Waals surface area contributed by atoms with Crippen molar-refractivity contribution in [2.75, 3.05) is 38.0 Å². The average Bonchev–Trinajstić information content (AvgIpc) is 3.01. The number of anilines is 1. The molecule has 178 valence electrons. The minimum Gasteiger partial charge on any atom is -0.337 e. The normalized spacial score (nSPS) is 14.9. The summed E-state index contributed by atoms with van der Waals surface area (Å²) in [4.78, 5) is 29.1. The number of hydrogen-bond acceptors (Lipinski definition) is 4. The number of halogens is 1. The van der Waals surface area contributed by atoms with Crippen molar-refractivity contribution in [3.8, 4) is 0 Å². The summed E-state index contributed by atoms with van der Waals surface area (Å²) < 4.78 is 1.79. The second-order valence-corrected chi connectivity index (χ2v) is 9.47. The Morgan fingerprint density at radius 3 is 2.36 bits per heavy atom. The van der Waals surface area contributed by atoms with Crippen LogP contribution in [0.15, 0.2) is 24.3 Å². The fourth-order valence-corrected chi connectivity index (χ4v) is 4.31. The molecule has 1 aliphatic rings. The zero-order valence-corrected chi connectivity index (χ0v) is 20.9. The molecule has 7 nitrogen and oxygen atoms in total. The van der Waals surface area contributed by atoms with Crippen LogP contribution in [0.1, 0.15) is 36.2 Å². The SMILES string of the molecule is Cc1cccc(C)c1NC(=O)CN1CCN(C(=O)/C=C/c2c(C)nn(CC(C)C)c2Cl)CC1. The number of hydrogen-bond donors (Lipinski definition) is 1. The number of benzene rings is 1. The number of carbonyl (C=O) groups excluding carboxylic acids is 2. The van der Waals surface area contributed by atoms with Gasteiger partial charge in [0.05, 0.1) is 12.2 Å². The van der Waals surface area contributed by atoms with Crippen molar-refractivity contribution in [3.63, 3.8) is 0 Å². The zero-order valence-electron chi connectivity index (χ0n) is 20.2. The van der Waals surface area contributed by atoms with Crippen molar-refractivity contribution in [3.05, 3.63) is 51.8 Å². The summed E-state index contributed by atoms with van der Waals surface area (Å²) in [6, 6.07) is 5.97. The van der Waals surface area contributed by atoms with Gasteiger partial charge in [0.1, 0.15) is 5.15 Å². The van der Waals surface area contributed by atoms with Gasteiger partial charge in [-0.05, 0) is 43.9 Å². The lowest BCUT2D eigenvalue weighted by atomic mass is 10.1. The van der Waals surface area contributed by atoms with Gasteiger partial charge in [0.25, 0.3) is 0 Å². The number of carbonyl (C=O) groups is 2. The Morgan fingerprint density at radius 1 is 1.12 bits per heavy atom. The topological polar surface area (TPSA) is 70.5 Å². The summed E-state index contributed by atoms with van der Waals surface area (Å²) in [5.74, 6) is 0.344. The molecule has 1 fully saturated rings. The van der Waals surface area contributed by atoms with E-state index in [1.54, 1.807) is 21.7 Å². The second kappa shape index (κ2) is 11.0. The lowest BCUT2D eigenvalue weighted by Gasteiger charge is -2.33. The van der Waals surface area contributed by atoms with Crippen LogP contribution < -0.4 is 5.32 Å². The first kappa shape index (κ1) is 25.0. The Bertz CT molecular complexity index is 1020. The summed E-state index contributed by atoms with van der Waals surface area (Å²) in [6.07, 6.45) is 3.33. The van der Waals surface area contributed by atoms with Crippen LogP contribution in [-0.4, -0.2) is 64.1 Å². The van der Waals surface area contributed by atoms with E-state index in [4.69, 9.17) is 11.6 Å². The van der Waals surface area contributed by atoms with Crippen molar-refractivity contribution in [1.82, 2.24) is 19.6 Å². The minimum absolute atomic E-state index is 0.0319. The van der Waals surface area contributed by atoms with Gasteiger partial charge in [0.2, 0.25) is 11.8 Å². The highest BCUT2D eigenvalue weighted by Crippen LogP contribution is 2.23. The quantitative estimate of drug-likeness (QED) is 0.621. The van der Waals surface area contributed by atoms with E-state index in [9.17, 15) is 9.59 Å².